The Morgan fingerprint density at radius 1 is 0.913 bits per heavy atom. The largest absolute Gasteiger partial charge is 0.493 e. The molecule has 0 spiro atoms. The summed E-state index contributed by atoms with van der Waals surface area (Å²) in [6, 6.07) is 18.2. The Kier molecular flexibility index (Phi) is 7.78. The van der Waals surface area contributed by atoms with Crippen molar-refractivity contribution in [2.75, 3.05) is 32.7 Å². The Balaban J connectivity index is 1.87. The van der Waals surface area contributed by atoms with Crippen LogP contribution in [0.1, 0.15) is 12.0 Å². The first-order valence-corrected chi connectivity index (χ1v) is 8.45. The van der Waals surface area contributed by atoms with E-state index in [1.54, 1.807) is 7.11 Å². The van der Waals surface area contributed by atoms with Gasteiger partial charge in [0.1, 0.15) is 6.61 Å². The van der Waals surface area contributed by atoms with Crippen molar-refractivity contribution in [1.29, 1.82) is 0 Å². The molecule has 2 rings (SSSR count). The third-order valence-corrected chi connectivity index (χ3v) is 3.86. The molecule has 0 aliphatic carbocycles. The van der Waals surface area contributed by atoms with Gasteiger partial charge in [-0.25, -0.2) is 0 Å². The molecule has 0 fully saturated rings. The van der Waals surface area contributed by atoms with Crippen LogP contribution in [0.15, 0.2) is 54.6 Å². The van der Waals surface area contributed by atoms with Gasteiger partial charge in [0.05, 0.1) is 7.11 Å². The van der Waals surface area contributed by atoms with Crippen LogP contribution in [-0.4, -0.2) is 37.6 Å². The van der Waals surface area contributed by atoms with Crippen molar-refractivity contribution in [2.45, 2.75) is 13.0 Å². The number of hydrogen-bond donors (Lipinski definition) is 0. The third kappa shape index (κ3) is 6.12. The van der Waals surface area contributed by atoms with Gasteiger partial charge in [-0.1, -0.05) is 42.5 Å². The monoisotopic (exact) mass is 333 g/mol. The molecule has 0 aromatic heterocycles. The Morgan fingerprint density at radius 2 is 1.61 bits per heavy atom. The van der Waals surface area contributed by atoms with Gasteiger partial charge < -0.3 is 9.47 Å². The molecule has 4 heteroatoms. The van der Waals surface area contributed by atoms with E-state index in [1.165, 1.54) is 5.56 Å². The number of methoxy groups -OCH3 is 1. The predicted molar refractivity (Wildman–Crippen MR) is 95.5 cm³/mol. The Bertz CT molecular complexity index is 562. The summed E-state index contributed by atoms with van der Waals surface area (Å²) in [5.74, 6) is 2.23. The van der Waals surface area contributed by atoms with Crippen LogP contribution < -0.4 is 9.47 Å². The molecular weight excluding hydrogens is 310 g/mol. The van der Waals surface area contributed by atoms with E-state index in [4.69, 9.17) is 21.1 Å². The highest BCUT2D eigenvalue weighted by molar-refractivity contribution is 6.17. The molecule has 2 aromatic carbocycles. The van der Waals surface area contributed by atoms with Gasteiger partial charge >= 0.3 is 0 Å². The second kappa shape index (κ2) is 10.1. The molecule has 0 aliphatic rings. The Morgan fingerprint density at radius 3 is 2.30 bits per heavy atom. The van der Waals surface area contributed by atoms with E-state index in [2.05, 4.69) is 29.2 Å². The molecule has 0 N–H and O–H groups in total. The Labute approximate surface area is 143 Å². The predicted octanol–water partition coefficient (Wildman–Crippen LogP) is 4.21. The van der Waals surface area contributed by atoms with Crippen LogP contribution in [0.5, 0.6) is 11.5 Å². The maximum absolute atomic E-state index is 5.88. The number of hydrogen-bond acceptors (Lipinski definition) is 3. The molecule has 0 radical (unpaired) electrons. The molecule has 23 heavy (non-hydrogen) atoms. The van der Waals surface area contributed by atoms with E-state index in [-0.39, 0.29) is 0 Å². The van der Waals surface area contributed by atoms with Crippen molar-refractivity contribution in [3.05, 3.63) is 60.2 Å². The molecule has 2 aromatic rings. The molecule has 0 atom stereocenters. The maximum Gasteiger partial charge on any atom is 0.161 e. The lowest BCUT2D eigenvalue weighted by Crippen LogP contribution is -2.29. The van der Waals surface area contributed by atoms with Crippen LogP contribution in [0, 0.1) is 0 Å². The molecule has 124 valence electrons. The molecular formula is C19H24ClNO2. The van der Waals surface area contributed by atoms with E-state index in [1.807, 2.05) is 30.3 Å². The van der Waals surface area contributed by atoms with Gasteiger partial charge in [0.15, 0.2) is 11.5 Å². The SMILES string of the molecule is COc1ccccc1OCCN(CCCCl)Cc1ccccc1. The van der Waals surface area contributed by atoms with E-state index >= 15 is 0 Å². The second-order valence-corrected chi connectivity index (χ2v) is 5.68. The topological polar surface area (TPSA) is 21.7 Å². The van der Waals surface area contributed by atoms with Crippen LogP contribution in [0.25, 0.3) is 0 Å². The summed E-state index contributed by atoms with van der Waals surface area (Å²) < 4.78 is 11.2. The first-order chi connectivity index (χ1) is 11.3. The summed E-state index contributed by atoms with van der Waals surface area (Å²) in [5, 5.41) is 0. The van der Waals surface area contributed by atoms with Crippen molar-refractivity contribution < 1.29 is 9.47 Å². The number of ether oxygens (including phenoxy) is 2. The van der Waals surface area contributed by atoms with Crippen LogP contribution in [0.4, 0.5) is 0 Å². The normalized spacial score (nSPS) is 10.7. The van der Waals surface area contributed by atoms with Crippen molar-refractivity contribution in [3.8, 4) is 11.5 Å². The lowest BCUT2D eigenvalue weighted by Gasteiger charge is -2.22. The number of alkyl halides is 1. The fraction of sp³-hybridized carbons (Fsp3) is 0.368. The highest BCUT2D eigenvalue weighted by atomic mass is 35.5. The summed E-state index contributed by atoms with van der Waals surface area (Å²) in [6.07, 6.45) is 0.975. The van der Waals surface area contributed by atoms with Crippen LogP contribution in [0.3, 0.4) is 0 Å². The second-order valence-electron chi connectivity index (χ2n) is 5.30. The summed E-state index contributed by atoms with van der Waals surface area (Å²) in [7, 11) is 1.66. The van der Waals surface area contributed by atoms with E-state index in [0.29, 0.717) is 12.5 Å². The van der Waals surface area contributed by atoms with Crippen LogP contribution in [-0.2, 0) is 6.54 Å². The van der Waals surface area contributed by atoms with Crippen molar-refractivity contribution >= 4 is 11.6 Å². The summed E-state index contributed by atoms with van der Waals surface area (Å²) in [6.45, 7) is 3.35. The molecule has 0 unspecified atom stereocenters. The average molecular weight is 334 g/mol. The van der Waals surface area contributed by atoms with Gasteiger partial charge in [-0.15, -0.1) is 11.6 Å². The molecule has 0 saturated heterocycles. The van der Waals surface area contributed by atoms with Gasteiger partial charge in [-0.2, -0.15) is 0 Å². The molecule has 3 nitrogen and oxygen atoms in total. The molecule has 0 saturated carbocycles. The van der Waals surface area contributed by atoms with Crippen molar-refractivity contribution in [1.82, 2.24) is 4.90 Å². The maximum atomic E-state index is 5.88. The quantitative estimate of drug-likeness (QED) is 0.608. The molecule has 0 amide bonds. The summed E-state index contributed by atoms with van der Waals surface area (Å²) in [4.78, 5) is 2.37. The van der Waals surface area contributed by atoms with Gasteiger partial charge in [0.25, 0.3) is 0 Å². The van der Waals surface area contributed by atoms with Crippen molar-refractivity contribution in [3.63, 3.8) is 0 Å². The standard InChI is InChI=1S/C19H24ClNO2/c1-22-18-10-5-6-11-19(18)23-15-14-21(13-7-12-20)16-17-8-3-2-4-9-17/h2-6,8-11H,7,12-16H2,1H3. The number of benzene rings is 2. The zero-order valence-electron chi connectivity index (χ0n) is 13.6. The first-order valence-electron chi connectivity index (χ1n) is 7.91. The van der Waals surface area contributed by atoms with Gasteiger partial charge in [-0.05, 0) is 30.7 Å². The summed E-state index contributed by atoms with van der Waals surface area (Å²) in [5.41, 5.74) is 1.30. The van der Waals surface area contributed by atoms with Gasteiger partial charge in [-0.3, -0.25) is 4.90 Å². The minimum Gasteiger partial charge on any atom is -0.493 e. The minimum atomic E-state index is 0.621. The fourth-order valence-electron chi connectivity index (χ4n) is 2.42. The average Bonchev–Trinajstić information content (AvgIpc) is 2.60. The van der Waals surface area contributed by atoms with Crippen LogP contribution >= 0.6 is 11.6 Å². The van der Waals surface area contributed by atoms with Crippen molar-refractivity contribution in [2.24, 2.45) is 0 Å². The number of para-hydroxylation sites is 2. The lowest BCUT2D eigenvalue weighted by molar-refractivity contribution is 0.199. The minimum absolute atomic E-state index is 0.621. The number of nitrogens with zero attached hydrogens (tertiary/aromatic N) is 1. The zero-order valence-corrected chi connectivity index (χ0v) is 14.3. The smallest absolute Gasteiger partial charge is 0.161 e. The molecule has 0 heterocycles. The van der Waals surface area contributed by atoms with E-state index < -0.39 is 0 Å². The lowest BCUT2D eigenvalue weighted by atomic mass is 10.2. The van der Waals surface area contributed by atoms with Crippen LogP contribution in [0.2, 0.25) is 0 Å². The highest BCUT2D eigenvalue weighted by Gasteiger charge is 2.08. The first kappa shape index (κ1) is 17.6. The summed E-state index contributed by atoms with van der Waals surface area (Å²) >= 11 is 5.84. The third-order valence-electron chi connectivity index (χ3n) is 3.59. The van der Waals surface area contributed by atoms with Gasteiger partial charge in [0.2, 0.25) is 0 Å². The fourth-order valence-corrected chi connectivity index (χ4v) is 2.54. The Hall–Kier alpha value is -1.71. The van der Waals surface area contributed by atoms with Gasteiger partial charge in [0, 0.05) is 19.0 Å². The zero-order chi connectivity index (χ0) is 16.3. The molecule has 0 aliphatic heterocycles. The number of halogens is 1. The molecule has 0 bridgehead atoms. The van der Waals surface area contributed by atoms with E-state index in [9.17, 15) is 0 Å². The highest BCUT2D eigenvalue weighted by Crippen LogP contribution is 2.25. The number of rotatable bonds is 10. The van der Waals surface area contributed by atoms with E-state index in [0.717, 1.165) is 37.6 Å².